The van der Waals surface area contributed by atoms with Gasteiger partial charge in [-0.2, -0.15) is 9.67 Å². The third-order valence-corrected chi connectivity index (χ3v) is 4.45. The Morgan fingerprint density at radius 2 is 2.04 bits per heavy atom. The molecule has 6 nitrogen and oxygen atoms in total. The Bertz CT molecular complexity index is 826. The zero-order valence-corrected chi connectivity index (χ0v) is 15.0. The van der Waals surface area contributed by atoms with Crippen molar-refractivity contribution in [3.63, 3.8) is 0 Å². The third kappa shape index (κ3) is 3.88. The molecule has 3 rings (SSSR count). The van der Waals surface area contributed by atoms with E-state index in [4.69, 9.17) is 9.47 Å². The average molecular weight is 357 g/mol. The zero-order chi connectivity index (χ0) is 17.6. The van der Waals surface area contributed by atoms with Gasteiger partial charge in [-0.1, -0.05) is 19.4 Å². The molecule has 0 amide bonds. The van der Waals surface area contributed by atoms with Crippen LogP contribution in [0.15, 0.2) is 41.8 Å². The molecule has 0 saturated carbocycles. The van der Waals surface area contributed by atoms with Crippen LogP contribution < -0.4 is 9.47 Å². The number of ether oxygens (including phenoxy) is 2. The van der Waals surface area contributed by atoms with Crippen LogP contribution in [0, 0.1) is 0 Å². The molecule has 0 atom stereocenters. The van der Waals surface area contributed by atoms with Crippen LogP contribution in [0.1, 0.15) is 29.4 Å². The Kier molecular flexibility index (Phi) is 5.45. The summed E-state index contributed by atoms with van der Waals surface area (Å²) < 4.78 is 12.1. The molecule has 0 unspecified atom stereocenters. The number of carbonyl (C=O) groups is 1. The van der Waals surface area contributed by atoms with Gasteiger partial charge in [-0.05, 0) is 42.1 Å². The number of rotatable bonds is 7. The fourth-order valence-corrected chi connectivity index (χ4v) is 2.88. The Balaban J connectivity index is 1.96. The predicted molar refractivity (Wildman–Crippen MR) is 96.5 cm³/mol. The maximum Gasteiger partial charge on any atom is 0.336 e. The highest BCUT2D eigenvalue weighted by molar-refractivity contribution is 7.12. The summed E-state index contributed by atoms with van der Waals surface area (Å²) in [7, 11) is 1.61. The summed E-state index contributed by atoms with van der Waals surface area (Å²) >= 11 is 1.37. The van der Waals surface area contributed by atoms with E-state index in [-0.39, 0.29) is 11.9 Å². The van der Waals surface area contributed by atoms with Crippen molar-refractivity contribution in [3.8, 4) is 23.1 Å². The van der Waals surface area contributed by atoms with Crippen molar-refractivity contribution < 1.29 is 14.3 Å². The molecule has 130 valence electrons. The van der Waals surface area contributed by atoms with E-state index >= 15 is 0 Å². The van der Waals surface area contributed by atoms with Crippen LogP contribution in [0.25, 0.3) is 11.4 Å². The summed E-state index contributed by atoms with van der Waals surface area (Å²) in [6, 6.07) is 11.1. The largest absolute Gasteiger partial charge is 0.497 e. The molecule has 25 heavy (non-hydrogen) atoms. The summed E-state index contributed by atoms with van der Waals surface area (Å²) in [5.74, 6) is 0.963. The van der Waals surface area contributed by atoms with Crippen LogP contribution >= 0.6 is 11.3 Å². The average Bonchev–Trinajstić information content (AvgIpc) is 3.32. The van der Waals surface area contributed by atoms with Gasteiger partial charge in [0.2, 0.25) is 0 Å². The van der Waals surface area contributed by atoms with Gasteiger partial charge in [0.1, 0.15) is 5.75 Å². The monoisotopic (exact) mass is 357 g/mol. The first kappa shape index (κ1) is 17.2. The highest BCUT2D eigenvalue weighted by atomic mass is 32.1. The highest BCUT2D eigenvalue weighted by Gasteiger charge is 2.20. The summed E-state index contributed by atoms with van der Waals surface area (Å²) in [5.41, 5.74) is 0.767. The topological polar surface area (TPSA) is 66.2 Å². The SMILES string of the molecule is CCCCOc1nc(-c2ccc(OC)cc2)n(C(=O)c2cccs2)n1. The minimum atomic E-state index is -0.223. The first-order valence-corrected chi connectivity index (χ1v) is 8.93. The molecular formula is C18H19N3O3S. The molecule has 0 radical (unpaired) electrons. The molecule has 2 aromatic heterocycles. The van der Waals surface area contributed by atoms with Crippen LogP contribution in [0.2, 0.25) is 0 Å². The van der Waals surface area contributed by atoms with E-state index in [0.29, 0.717) is 17.3 Å². The zero-order valence-electron chi connectivity index (χ0n) is 14.1. The second kappa shape index (κ2) is 7.94. The van der Waals surface area contributed by atoms with Crippen molar-refractivity contribution >= 4 is 17.2 Å². The van der Waals surface area contributed by atoms with E-state index in [0.717, 1.165) is 24.2 Å². The Morgan fingerprint density at radius 1 is 1.24 bits per heavy atom. The second-order valence-electron chi connectivity index (χ2n) is 5.34. The molecule has 7 heteroatoms. The highest BCUT2D eigenvalue weighted by Crippen LogP contribution is 2.24. The molecule has 0 aliphatic carbocycles. The molecule has 0 aliphatic heterocycles. The smallest absolute Gasteiger partial charge is 0.336 e. The minimum absolute atomic E-state index is 0.212. The van der Waals surface area contributed by atoms with Gasteiger partial charge in [-0.15, -0.1) is 16.4 Å². The number of benzene rings is 1. The fraction of sp³-hybridized carbons (Fsp3) is 0.278. The molecule has 0 aliphatic rings. The van der Waals surface area contributed by atoms with Gasteiger partial charge in [0.05, 0.1) is 18.6 Å². The lowest BCUT2D eigenvalue weighted by molar-refractivity contribution is 0.0948. The van der Waals surface area contributed by atoms with Gasteiger partial charge in [-0.25, -0.2) is 0 Å². The molecule has 3 aromatic rings. The molecule has 0 fully saturated rings. The van der Waals surface area contributed by atoms with E-state index in [1.165, 1.54) is 16.0 Å². The number of methoxy groups -OCH3 is 1. The van der Waals surface area contributed by atoms with Crippen LogP contribution in [0.3, 0.4) is 0 Å². The van der Waals surface area contributed by atoms with Gasteiger partial charge in [0, 0.05) is 5.56 Å². The predicted octanol–water partition coefficient (Wildman–Crippen LogP) is 3.88. The van der Waals surface area contributed by atoms with E-state index in [1.54, 1.807) is 13.2 Å². The molecule has 2 heterocycles. The summed E-state index contributed by atoms with van der Waals surface area (Å²) in [5, 5.41) is 6.12. The van der Waals surface area contributed by atoms with Gasteiger partial charge in [-0.3, -0.25) is 4.79 Å². The number of nitrogens with zero attached hydrogens (tertiary/aromatic N) is 3. The van der Waals surface area contributed by atoms with Crippen molar-refractivity contribution in [1.82, 2.24) is 14.8 Å². The Hall–Kier alpha value is -2.67. The number of aromatic nitrogens is 3. The standard InChI is InChI=1S/C18H19N3O3S/c1-3-4-11-24-18-19-16(13-7-9-14(23-2)10-8-13)21(20-18)17(22)15-6-5-12-25-15/h5-10,12H,3-4,11H2,1-2H3. The van der Waals surface area contributed by atoms with Crippen molar-refractivity contribution in [1.29, 1.82) is 0 Å². The third-order valence-electron chi connectivity index (χ3n) is 3.59. The lowest BCUT2D eigenvalue weighted by Crippen LogP contribution is -2.14. The summed E-state index contributed by atoms with van der Waals surface area (Å²) in [6.07, 6.45) is 1.92. The normalized spacial score (nSPS) is 10.6. The fourth-order valence-electron chi connectivity index (χ4n) is 2.24. The number of hydrogen-bond acceptors (Lipinski definition) is 6. The van der Waals surface area contributed by atoms with Crippen molar-refractivity contribution in [2.75, 3.05) is 13.7 Å². The van der Waals surface area contributed by atoms with Crippen LogP contribution in [-0.2, 0) is 0 Å². The lowest BCUT2D eigenvalue weighted by atomic mass is 10.2. The first-order valence-electron chi connectivity index (χ1n) is 8.05. The molecule has 1 aromatic carbocycles. The molecule has 0 saturated heterocycles. The lowest BCUT2D eigenvalue weighted by Gasteiger charge is -2.04. The molecular weight excluding hydrogens is 338 g/mol. The Morgan fingerprint density at radius 3 is 2.68 bits per heavy atom. The van der Waals surface area contributed by atoms with Gasteiger partial charge < -0.3 is 9.47 Å². The summed E-state index contributed by atoms with van der Waals surface area (Å²) in [6.45, 7) is 2.61. The second-order valence-corrected chi connectivity index (χ2v) is 6.29. The van der Waals surface area contributed by atoms with Crippen LogP contribution in [0.5, 0.6) is 11.8 Å². The van der Waals surface area contributed by atoms with Crippen LogP contribution in [0.4, 0.5) is 0 Å². The van der Waals surface area contributed by atoms with Crippen molar-refractivity contribution in [2.24, 2.45) is 0 Å². The maximum atomic E-state index is 12.8. The number of carbonyl (C=O) groups excluding carboxylic acids is 1. The quantitative estimate of drug-likeness (QED) is 0.600. The van der Waals surface area contributed by atoms with E-state index in [9.17, 15) is 4.79 Å². The van der Waals surface area contributed by atoms with Crippen molar-refractivity contribution in [3.05, 3.63) is 46.7 Å². The summed E-state index contributed by atoms with van der Waals surface area (Å²) in [4.78, 5) is 17.8. The number of thiophene rings is 1. The van der Waals surface area contributed by atoms with Gasteiger partial charge >= 0.3 is 6.01 Å². The van der Waals surface area contributed by atoms with Gasteiger partial charge in [0.15, 0.2) is 5.82 Å². The number of unbranched alkanes of at least 4 members (excludes halogenated alkanes) is 1. The van der Waals surface area contributed by atoms with E-state index < -0.39 is 0 Å². The molecule has 0 spiro atoms. The number of hydrogen-bond donors (Lipinski definition) is 0. The van der Waals surface area contributed by atoms with E-state index in [1.807, 2.05) is 35.7 Å². The first-order chi connectivity index (χ1) is 12.2. The maximum absolute atomic E-state index is 12.8. The van der Waals surface area contributed by atoms with Crippen molar-refractivity contribution in [2.45, 2.75) is 19.8 Å². The van der Waals surface area contributed by atoms with E-state index in [2.05, 4.69) is 17.0 Å². The molecule has 0 bridgehead atoms. The molecule has 0 N–H and O–H groups in total. The Labute approximate surface area is 150 Å². The van der Waals surface area contributed by atoms with Gasteiger partial charge in [0.25, 0.3) is 5.91 Å². The minimum Gasteiger partial charge on any atom is -0.497 e. The van der Waals surface area contributed by atoms with Crippen LogP contribution in [-0.4, -0.2) is 34.4 Å².